The number of aryl methyl sites for hydroxylation is 1. The number of methoxy groups -OCH3 is 1. The van der Waals surface area contributed by atoms with E-state index in [4.69, 9.17) is 4.74 Å². The van der Waals surface area contributed by atoms with Crippen LogP contribution >= 0.6 is 0 Å². The molecule has 1 unspecified atom stereocenters. The normalized spacial score (nSPS) is 23.0. The van der Waals surface area contributed by atoms with Crippen molar-refractivity contribution in [1.29, 1.82) is 0 Å². The predicted molar refractivity (Wildman–Crippen MR) is 92.0 cm³/mol. The van der Waals surface area contributed by atoms with Crippen LogP contribution in [-0.4, -0.2) is 50.2 Å². The van der Waals surface area contributed by atoms with Gasteiger partial charge in [0.2, 0.25) is 0 Å². The van der Waals surface area contributed by atoms with Crippen molar-refractivity contribution in [2.75, 3.05) is 33.3 Å². The van der Waals surface area contributed by atoms with E-state index in [1.807, 2.05) is 11.0 Å². The summed E-state index contributed by atoms with van der Waals surface area (Å²) >= 11 is 0. The number of amides is 1. The highest BCUT2D eigenvalue weighted by Crippen LogP contribution is 2.27. The number of nitrogens with zero attached hydrogens (tertiary/aromatic N) is 1. The van der Waals surface area contributed by atoms with Gasteiger partial charge in [-0.1, -0.05) is 11.6 Å². The first-order valence-electron chi connectivity index (χ1n) is 8.81. The number of benzene rings is 1. The third-order valence-electron chi connectivity index (χ3n) is 5.16. The molecule has 1 aromatic carbocycles. The molecule has 2 aliphatic rings. The quantitative estimate of drug-likeness (QED) is 0.932. The first kappa shape index (κ1) is 16.5. The molecule has 4 heteroatoms. The van der Waals surface area contributed by atoms with Gasteiger partial charge in [-0.3, -0.25) is 4.79 Å². The summed E-state index contributed by atoms with van der Waals surface area (Å²) in [4.78, 5) is 14.9. The molecular formula is C19H28N2O2. The zero-order valence-corrected chi connectivity index (χ0v) is 14.3. The fourth-order valence-corrected chi connectivity index (χ4v) is 3.82. The number of hydrogen-bond donors (Lipinski definition) is 1. The lowest BCUT2D eigenvalue weighted by atomic mass is 9.88. The van der Waals surface area contributed by atoms with E-state index < -0.39 is 0 Å². The van der Waals surface area contributed by atoms with Crippen molar-refractivity contribution in [3.05, 3.63) is 34.9 Å². The SMILES string of the molecule is COC1CCCN(C(=O)c2cc(C)cc(C3CCNCC3)c2)C1. The molecule has 0 radical (unpaired) electrons. The van der Waals surface area contributed by atoms with E-state index in [1.165, 1.54) is 11.1 Å². The molecule has 126 valence electrons. The van der Waals surface area contributed by atoms with Gasteiger partial charge in [0.1, 0.15) is 0 Å². The Morgan fingerprint density at radius 1 is 1.22 bits per heavy atom. The van der Waals surface area contributed by atoms with Gasteiger partial charge in [0, 0.05) is 25.8 Å². The summed E-state index contributed by atoms with van der Waals surface area (Å²) in [6.45, 7) is 5.80. The predicted octanol–water partition coefficient (Wildman–Crippen LogP) is 2.71. The Morgan fingerprint density at radius 3 is 2.74 bits per heavy atom. The van der Waals surface area contributed by atoms with Gasteiger partial charge >= 0.3 is 0 Å². The van der Waals surface area contributed by atoms with Crippen LogP contribution in [0, 0.1) is 6.92 Å². The van der Waals surface area contributed by atoms with Gasteiger partial charge in [-0.25, -0.2) is 0 Å². The molecule has 0 saturated carbocycles. The maximum Gasteiger partial charge on any atom is 0.253 e. The first-order chi connectivity index (χ1) is 11.2. The number of carbonyl (C=O) groups excluding carboxylic acids is 1. The van der Waals surface area contributed by atoms with E-state index in [2.05, 4.69) is 24.4 Å². The largest absolute Gasteiger partial charge is 0.380 e. The van der Waals surface area contributed by atoms with Crippen LogP contribution < -0.4 is 5.32 Å². The summed E-state index contributed by atoms with van der Waals surface area (Å²) in [5, 5.41) is 3.41. The Labute approximate surface area is 139 Å². The Bertz CT molecular complexity index is 552. The van der Waals surface area contributed by atoms with Crippen LogP contribution in [0.2, 0.25) is 0 Å². The minimum atomic E-state index is 0.158. The van der Waals surface area contributed by atoms with Crippen molar-refractivity contribution in [2.45, 2.75) is 44.6 Å². The Hall–Kier alpha value is -1.39. The minimum absolute atomic E-state index is 0.158. The molecule has 1 N–H and O–H groups in total. The summed E-state index contributed by atoms with van der Waals surface area (Å²) < 4.78 is 5.45. The van der Waals surface area contributed by atoms with E-state index in [0.29, 0.717) is 12.5 Å². The first-order valence-corrected chi connectivity index (χ1v) is 8.81. The zero-order chi connectivity index (χ0) is 16.2. The molecular weight excluding hydrogens is 288 g/mol. The van der Waals surface area contributed by atoms with E-state index in [-0.39, 0.29) is 12.0 Å². The van der Waals surface area contributed by atoms with Gasteiger partial charge in [0.15, 0.2) is 0 Å². The lowest BCUT2D eigenvalue weighted by Crippen LogP contribution is -2.43. The van der Waals surface area contributed by atoms with Gasteiger partial charge < -0.3 is 15.0 Å². The van der Waals surface area contributed by atoms with Gasteiger partial charge in [-0.15, -0.1) is 0 Å². The highest BCUT2D eigenvalue weighted by molar-refractivity contribution is 5.94. The maximum atomic E-state index is 12.9. The van der Waals surface area contributed by atoms with Crippen LogP contribution in [0.4, 0.5) is 0 Å². The molecule has 4 nitrogen and oxygen atoms in total. The Kier molecular flexibility index (Phi) is 5.34. The molecule has 1 amide bonds. The second kappa shape index (κ2) is 7.45. The molecule has 2 aliphatic heterocycles. The molecule has 2 heterocycles. The molecule has 2 saturated heterocycles. The van der Waals surface area contributed by atoms with Crippen molar-refractivity contribution in [2.24, 2.45) is 0 Å². The van der Waals surface area contributed by atoms with Crippen LogP contribution in [-0.2, 0) is 4.74 Å². The number of carbonyl (C=O) groups is 1. The summed E-state index contributed by atoms with van der Waals surface area (Å²) in [5.74, 6) is 0.737. The highest BCUT2D eigenvalue weighted by Gasteiger charge is 2.25. The number of rotatable bonds is 3. The summed E-state index contributed by atoms with van der Waals surface area (Å²) in [5.41, 5.74) is 3.36. The molecule has 1 atom stereocenters. The number of nitrogens with one attached hydrogen (secondary N) is 1. The highest BCUT2D eigenvalue weighted by atomic mass is 16.5. The monoisotopic (exact) mass is 316 g/mol. The molecule has 2 fully saturated rings. The van der Waals surface area contributed by atoms with E-state index in [9.17, 15) is 4.79 Å². The van der Waals surface area contributed by atoms with Gasteiger partial charge in [0.25, 0.3) is 5.91 Å². The number of hydrogen-bond acceptors (Lipinski definition) is 3. The second-order valence-electron chi connectivity index (χ2n) is 6.91. The average molecular weight is 316 g/mol. The van der Waals surface area contributed by atoms with Crippen LogP contribution in [0.5, 0.6) is 0 Å². The summed E-state index contributed by atoms with van der Waals surface area (Å²) in [7, 11) is 1.74. The van der Waals surface area contributed by atoms with Crippen molar-refractivity contribution in [1.82, 2.24) is 10.2 Å². The fraction of sp³-hybridized carbons (Fsp3) is 0.632. The smallest absolute Gasteiger partial charge is 0.253 e. The van der Waals surface area contributed by atoms with Gasteiger partial charge in [-0.2, -0.15) is 0 Å². The van der Waals surface area contributed by atoms with Crippen molar-refractivity contribution in [3.8, 4) is 0 Å². The van der Waals surface area contributed by atoms with Crippen LogP contribution in [0.3, 0.4) is 0 Å². The molecule has 0 aliphatic carbocycles. The molecule has 0 bridgehead atoms. The third kappa shape index (κ3) is 3.93. The molecule has 0 aromatic heterocycles. The lowest BCUT2D eigenvalue weighted by molar-refractivity contribution is 0.0269. The Balaban J connectivity index is 1.78. The minimum Gasteiger partial charge on any atom is -0.380 e. The molecule has 3 rings (SSSR count). The van der Waals surface area contributed by atoms with Crippen molar-refractivity contribution < 1.29 is 9.53 Å². The number of likely N-dealkylation sites (tertiary alicyclic amines) is 1. The second-order valence-corrected chi connectivity index (χ2v) is 6.91. The van der Waals surface area contributed by atoms with E-state index >= 15 is 0 Å². The standard InChI is InChI=1S/C19H28N2O2/c1-14-10-16(15-5-7-20-8-6-15)12-17(11-14)19(22)21-9-3-4-18(13-21)23-2/h10-12,15,18,20H,3-9,13H2,1-2H3. The van der Waals surface area contributed by atoms with Gasteiger partial charge in [0.05, 0.1) is 6.10 Å². The topological polar surface area (TPSA) is 41.6 Å². The number of ether oxygens (including phenoxy) is 1. The third-order valence-corrected chi connectivity index (χ3v) is 5.16. The van der Waals surface area contributed by atoms with Crippen molar-refractivity contribution >= 4 is 5.91 Å². The van der Waals surface area contributed by atoms with Gasteiger partial charge in [-0.05, 0) is 69.3 Å². The van der Waals surface area contributed by atoms with Crippen LogP contribution in [0.1, 0.15) is 53.1 Å². The maximum absolute atomic E-state index is 12.9. The zero-order valence-electron chi connectivity index (χ0n) is 14.3. The van der Waals surface area contributed by atoms with E-state index in [1.54, 1.807) is 7.11 Å². The van der Waals surface area contributed by atoms with Crippen LogP contribution in [0.15, 0.2) is 18.2 Å². The summed E-state index contributed by atoms with van der Waals surface area (Å²) in [6.07, 6.45) is 4.58. The number of piperidine rings is 2. The molecule has 23 heavy (non-hydrogen) atoms. The van der Waals surface area contributed by atoms with E-state index in [0.717, 1.165) is 50.9 Å². The average Bonchev–Trinajstić information content (AvgIpc) is 2.61. The van der Waals surface area contributed by atoms with Crippen molar-refractivity contribution in [3.63, 3.8) is 0 Å². The van der Waals surface area contributed by atoms with Crippen LogP contribution in [0.25, 0.3) is 0 Å². The summed E-state index contributed by atoms with van der Waals surface area (Å²) in [6, 6.07) is 6.41. The lowest BCUT2D eigenvalue weighted by Gasteiger charge is -2.32. The molecule has 0 spiro atoms. The fourth-order valence-electron chi connectivity index (χ4n) is 3.82. The molecule has 1 aromatic rings. The Morgan fingerprint density at radius 2 is 2.00 bits per heavy atom.